The van der Waals surface area contributed by atoms with Gasteiger partial charge in [-0.3, -0.25) is 4.79 Å². The van der Waals surface area contributed by atoms with Crippen LogP contribution in [0.3, 0.4) is 0 Å². The van der Waals surface area contributed by atoms with Gasteiger partial charge in [0.05, 0.1) is 12.0 Å². The molecule has 1 aromatic rings. The zero-order valence-corrected chi connectivity index (χ0v) is 14.7. The van der Waals surface area contributed by atoms with Gasteiger partial charge in [0.15, 0.2) is 0 Å². The van der Waals surface area contributed by atoms with Gasteiger partial charge in [0.25, 0.3) is 0 Å². The van der Waals surface area contributed by atoms with Gasteiger partial charge in [-0.25, -0.2) is 0 Å². The van der Waals surface area contributed by atoms with Crippen LogP contribution in [0.5, 0.6) is 5.75 Å². The van der Waals surface area contributed by atoms with E-state index in [1.54, 1.807) is 0 Å². The van der Waals surface area contributed by atoms with E-state index in [2.05, 4.69) is 31.3 Å². The summed E-state index contributed by atoms with van der Waals surface area (Å²) < 4.78 is 11.3. The van der Waals surface area contributed by atoms with Crippen molar-refractivity contribution in [3.63, 3.8) is 0 Å². The SMILES string of the molecule is Cc1cc2c(cc1C)[C@H](NCC1(C(N)=O)CCOCC1)CCCO2. The van der Waals surface area contributed by atoms with Crippen LogP contribution in [0.4, 0.5) is 0 Å². The number of primary amides is 1. The number of nitrogens with two attached hydrogens (primary N) is 1. The van der Waals surface area contributed by atoms with Crippen LogP contribution in [0, 0.1) is 19.3 Å². The van der Waals surface area contributed by atoms with Gasteiger partial charge < -0.3 is 20.5 Å². The van der Waals surface area contributed by atoms with E-state index in [0.717, 1.165) is 25.2 Å². The average Bonchev–Trinajstić information content (AvgIpc) is 2.76. The van der Waals surface area contributed by atoms with Crippen LogP contribution in [-0.2, 0) is 9.53 Å². The first kappa shape index (κ1) is 17.2. The number of hydrogen-bond donors (Lipinski definition) is 2. The van der Waals surface area contributed by atoms with E-state index in [-0.39, 0.29) is 11.9 Å². The van der Waals surface area contributed by atoms with Gasteiger partial charge in [-0.05, 0) is 56.7 Å². The number of benzene rings is 1. The van der Waals surface area contributed by atoms with Crippen molar-refractivity contribution in [3.8, 4) is 5.75 Å². The van der Waals surface area contributed by atoms with Gasteiger partial charge in [-0.2, -0.15) is 0 Å². The van der Waals surface area contributed by atoms with Crippen molar-refractivity contribution >= 4 is 5.91 Å². The Morgan fingerprint density at radius 2 is 1.96 bits per heavy atom. The Morgan fingerprint density at radius 1 is 1.25 bits per heavy atom. The Balaban J connectivity index is 1.80. The highest BCUT2D eigenvalue weighted by Gasteiger charge is 2.39. The van der Waals surface area contributed by atoms with Crippen molar-refractivity contribution in [1.29, 1.82) is 0 Å². The van der Waals surface area contributed by atoms with Crippen molar-refractivity contribution in [2.45, 2.75) is 45.6 Å². The lowest BCUT2D eigenvalue weighted by Crippen LogP contribution is -2.49. The third kappa shape index (κ3) is 3.42. The lowest BCUT2D eigenvalue weighted by Gasteiger charge is -2.35. The lowest BCUT2D eigenvalue weighted by molar-refractivity contribution is -0.133. The molecule has 1 saturated heterocycles. The Labute approximate surface area is 143 Å². The summed E-state index contributed by atoms with van der Waals surface area (Å²) in [6.07, 6.45) is 3.38. The van der Waals surface area contributed by atoms with E-state index in [1.165, 1.54) is 16.7 Å². The quantitative estimate of drug-likeness (QED) is 0.888. The number of fused-ring (bicyclic) bond motifs is 1. The van der Waals surface area contributed by atoms with Crippen LogP contribution in [0.15, 0.2) is 12.1 Å². The van der Waals surface area contributed by atoms with Crippen LogP contribution < -0.4 is 15.8 Å². The molecule has 0 spiro atoms. The molecule has 0 radical (unpaired) electrons. The van der Waals surface area contributed by atoms with E-state index >= 15 is 0 Å². The summed E-state index contributed by atoms with van der Waals surface area (Å²) in [6, 6.07) is 4.54. The molecule has 0 unspecified atom stereocenters. The molecule has 1 amide bonds. The fraction of sp³-hybridized carbons (Fsp3) is 0.632. The van der Waals surface area contributed by atoms with Crippen LogP contribution in [-0.4, -0.2) is 32.3 Å². The lowest BCUT2D eigenvalue weighted by atomic mass is 9.79. The molecule has 2 heterocycles. The fourth-order valence-electron chi connectivity index (χ4n) is 3.64. The van der Waals surface area contributed by atoms with E-state index in [4.69, 9.17) is 15.2 Å². The van der Waals surface area contributed by atoms with Gasteiger partial charge in [0.2, 0.25) is 5.91 Å². The molecular weight excluding hydrogens is 304 g/mol. The first-order chi connectivity index (χ1) is 11.5. The van der Waals surface area contributed by atoms with Crippen molar-refractivity contribution in [2.75, 3.05) is 26.4 Å². The second kappa shape index (κ2) is 7.11. The summed E-state index contributed by atoms with van der Waals surface area (Å²) in [6.45, 7) is 6.78. The molecule has 3 N–H and O–H groups in total. The number of carbonyl (C=O) groups excluding carboxylic acids is 1. The minimum atomic E-state index is -0.495. The molecule has 0 bridgehead atoms. The molecule has 1 atom stereocenters. The summed E-state index contributed by atoms with van der Waals surface area (Å²) in [4.78, 5) is 12.1. The monoisotopic (exact) mass is 332 g/mol. The molecule has 1 aromatic carbocycles. The number of ether oxygens (including phenoxy) is 2. The van der Waals surface area contributed by atoms with E-state index in [0.29, 0.717) is 32.6 Å². The normalized spacial score (nSPS) is 23.0. The summed E-state index contributed by atoms with van der Waals surface area (Å²) in [7, 11) is 0. The van der Waals surface area contributed by atoms with Crippen molar-refractivity contribution in [1.82, 2.24) is 5.32 Å². The van der Waals surface area contributed by atoms with Gasteiger partial charge in [0.1, 0.15) is 5.75 Å². The highest BCUT2D eigenvalue weighted by atomic mass is 16.5. The maximum absolute atomic E-state index is 12.1. The maximum atomic E-state index is 12.1. The second-order valence-electron chi connectivity index (χ2n) is 7.16. The van der Waals surface area contributed by atoms with Gasteiger partial charge in [-0.15, -0.1) is 0 Å². The number of nitrogens with one attached hydrogen (secondary N) is 1. The minimum absolute atomic E-state index is 0.195. The molecule has 5 nitrogen and oxygen atoms in total. The third-order valence-electron chi connectivity index (χ3n) is 5.56. The Kier molecular flexibility index (Phi) is 5.11. The van der Waals surface area contributed by atoms with Crippen molar-refractivity contribution < 1.29 is 14.3 Å². The van der Waals surface area contributed by atoms with Gasteiger partial charge in [-0.1, -0.05) is 6.07 Å². The number of hydrogen-bond acceptors (Lipinski definition) is 4. The molecule has 0 aliphatic carbocycles. The first-order valence-electron chi connectivity index (χ1n) is 8.87. The topological polar surface area (TPSA) is 73.6 Å². The minimum Gasteiger partial charge on any atom is -0.493 e. The molecule has 132 valence electrons. The highest BCUT2D eigenvalue weighted by molar-refractivity contribution is 5.81. The molecule has 2 aliphatic rings. The van der Waals surface area contributed by atoms with Gasteiger partial charge in [0, 0.05) is 31.4 Å². The van der Waals surface area contributed by atoms with Crippen LogP contribution in [0.2, 0.25) is 0 Å². The van der Waals surface area contributed by atoms with E-state index < -0.39 is 5.41 Å². The average molecular weight is 332 g/mol. The first-order valence-corrected chi connectivity index (χ1v) is 8.87. The molecule has 0 saturated carbocycles. The zero-order valence-electron chi connectivity index (χ0n) is 14.7. The predicted octanol–water partition coefficient (Wildman–Crippen LogP) is 2.39. The van der Waals surface area contributed by atoms with E-state index in [9.17, 15) is 4.79 Å². The predicted molar refractivity (Wildman–Crippen MR) is 93.1 cm³/mol. The van der Waals surface area contributed by atoms with Crippen molar-refractivity contribution in [3.05, 3.63) is 28.8 Å². The van der Waals surface area contributed by atoms with Crippen LogP contribution in [0.1, 0.15) is 48.4 Å². The Bertz CT molecular complexity index is 609. The second-order valence-corrected chi connectivity index (χ2v) is 7.16. The molecule has 1 fully saturated rings. The van der Waals surface area contributed by atoms with Crippen LogP contribution in [0.25, 0.3) is 0 Å². The van der Waals surface area contributed by atoms with Crippen molar-refractivity contribution in [2.24, 2.45) is 11.1 Å². The Hall–Kier alpha value is -1.59. The van der Waals surface area contributed by atoms with Crippen LogP contribution >= 0.6 is 0 Å². The standard InChI is InChI=1S/C19H28N2O3/c1-13-10-15-16(4-3-7-24-17(15)11-14(13)2)21-12-19(18(20)22)5-8-23-9-6-19/h10-11,16,21H,3-9,12H2,1-2H3,(H2,20,22)/t16-/m1/s1. The Morgan fingerprint density at radius 3 is 2.67 bits per heavy atom. The largest absolute Gasteiger partial charge is 0.493 e. The molecule has 2 aliphatic heterocycles. The van der Waals surface area contributed by atoms with Gasteiger partial charge >= 0.3 is 0 Å². The fourth-order valence-corrected chi connectivity index (χ4v) is 3.64. The molecule has 0 aromatic heterocycles. The summed E-state index contributed by atoms with van der Waals surface area (Å²) >= 11 is 0. The highest BCUT2D eigenvalue weighted by Crippen LogP contribution is 2.36. The summed E-state index contributed by atoms with van der Waals surface area (Å²) in [5.74, 6) is 0.747. The molecule has 3 rings (SSSR count). The molecule has 5 heteroatoms. The maximum Gasteiger partial charge on any atom is 0.225 e. The number of rotatable bonds is 4. The zero-order chi connectivity index (χ0) is 17.2. The molecule has 24 heavy (non-hydrogen) atoms. The summed E-state index contributed by atoms with van der Waals surface area (Å²) in [5.41, 5.74) is 8.94. The molecular formula is C19H28N2O3. The smallest absolute Gasteiger partial charge is 0.225 e. The number of amides is 1. The number of carbonyl (C=O) groups is 1. The van der Waals surface area contributed by atoms with E-state index in [1.807, 2.05) is 0 Å². The number of aryl methyl sites for hydroxylation is 2. The summed E-state index contributed by atoms with van der Waals surface area (Å²) in [5, 5.41) is 3.62. The third-order valence-corrected chi connectivity index (χ3v) is 5.56.